The van der Waals surface area contributed by atoms with Gasteiger partial charge in [0.1, 0.15) is 24.7 Å². The Morgan fingerprint density at radius 1 is 0.944 bits per heavy atom. The summed E-state index contributed by atoms with van der Waals surface area (Å²) in [5, 5.41) is 2.24. The van der Waals surface area contributed by atoms with Gasteiger partial charge in [-0.15, -0.1) is 0 Å². The number of rotatable bonds is 10. The van der Waals surface area contributed by atoms with Crippen LogP contribution in [0.5, 0.6) is 11.5 Å². The van der Waals surface area contributed by atoms with E-state index in [2.05, 4.69) is 5.32 Å². The fourth-order valence-corrected chi connectivity index (χ4v) is 1.58. The highest BCUT2D eigenvalue weighted by Crippen LogP contribution is 2.17. The topological polar surface area (TPSA) is 44.3 Å². The SMILES string of the molecule is CCOc1ccc(OCC[NH2+]CCCOC)cc1. The summed E-state index contributed by atoms with van der Waals surface area (Å²) < 4.78 is 16.0. The number of methoxy groups -OCH3 is 1. The molecule has 4 nitrogen and oxygen atoms in total. The van der Waals surface area contributed by atoms with Gasteiger partial charge in [0.25, 0.3) is 0 Å². The van der Waals surface area contributed by atoms with Crippen LogP contribution in [0, 0.1) is 0 Å². The van der Waals surface area contributed by atoms with E-state index in [1.165, 1.54) is 0 Å². The van der Waals surface area contributed by atoms with Crippen LogP contribution in [0.3, 0.4) is 0 Å². The summed E-state index contributed by atoms with van der Waals surface area (Å²) in [6.45, 7) is 6.27. The second-order valence-electron chi connectivity index (χ2n) is 3.97. The minimum absolute atomic E-state index is 0.691. The van der Waals surface area contributed by atoms with E-state index >= 15 is 0 Å². The van der Waals surface area contributed by atoms with E-state index < -0.39 is 0 Å². The first-order chi connectivity index (χ1) is 8.86. The lowest BCUT2D eigenvalue weighted by Gasteiger charge is -2.07. The minimum atomic E-state index is 0.691. The molecule has 1 aromatic rings. The van der Waals surface area contributed by atoms with Crippen molar-refractivity contribution >= 4 is 0 Å². The van der Waals surface area contributed by atoms with Crippen LogP contribution in [0.4, 0.5) is 0 Å². The van der Waals surface area contributed by atoms with Crippen molar-refractivity contribution in [1.82, 2.24) is 0 Å². The summed E-state index contributed by atoms with van der Waals surface area (Å²) in [6.07, 6.45) is 1.08. The molecule has 0 saturated carbocycles. The predicted octanol–water partition coefficient (Wildman–Crippen LogP) is 1.06. The van der Waals surface area contributed by atoms with Crippen molar-refractivity contribution in [1.29, 1.82) is 0 Å². The summed E-state index contributed by atoms with van der Waals surface area (Å²) in [5.74, 6) is 1.78. The van der Waals surface area contributed by atoms with Gasteiger partial charge in [0.05, 0.1) is 19.8 Å². The van der Waals surface area contributed by atoms with Gasteiger partial charge in [-0.2, -0.15) is 0 Å². The fourth-order valence-electron chi connectivity index (χ4n) is 1.58. The van der Waals surface area contributed by atoms with E-state index in [1.54, 1.807) is 7.11 Å². The number of benzene rings is 1. The number of hydrogen-bond acceptors (Lipinski definition) is 3. The second-order valence-corrected chi connectivity index (χ2v) is 3.97. The third-order valence-corrected chi connectivity index (χ3v) is 2.48. The molecule has 18 heavy (non-hydrogen) atoms. The van der Waals surface area contributed by atoms with Crippen molar-refractivity contribution in [3.8, 4) is 11.5 Å². The summed E-state index contributed by atoms with van der Waals surface area (Å²) >= 11 is 0. The van der Waals surface area contributed by atoms with Gasteiger partial charge in [-0.1, -0.05) is 0 Å². The van der Waals surface area contributed by atoms with Gasteiger partial charge in [0, 0.05) is 13.5 Å². The number of ether oxygens (including phenoxy) is 3. The first-order valence-electron chi connectivity index (χ1n) is 6.53. The Kier molecular flexibility index (Phi) is 8.01. The Morgan fingerprint density at radius 2 is 1.61 bits per heavy atom. The predicted molar refractivity (Wildman–Crippen MR) is 71.3 cm³/mol. The molecule has 0 unspecified atom stereocenters. The van der Waals surface area contributed by atoms with Gasteiger partial charge in [-0.3, -0.25) is 0 Å². The zero-order chi connectivity index (χ0) is 13.1. The molecule has 0 radical (unpaired) electrons. The van der Waals surface area contributed by atoms with Crippen molar-refractivity contribution in [3.63, 3.8) is 0 Å². The Labute approximate surface area is 109 Å². The maximum absolute atomic E-state index is 5.63. The van der Waals surface area contributed by atoms with E-state index in [4.69, 9.17) is 14.2 Å². The average Bonchev–Trinajstić information content (AvgIpc) is 2.40. The molecule has 0 amide bonds. The van der Waals surface area contributed by atoms with Crippen molar-refractivity contribution in [2.75, 3.05) is 40.0 Å². The van der Waals surface area contributed by atoms with Crippen molar-refractivity contribution in [2.45, 2.75) is 13.3 Å². The molecule has 0 atom stereocenters. The first-order valence-corrected chi connectivity index (χ1v) is 6.53. The van der Waals surface area contributed by atoms with Gasteiger partial charge < -0.3 is 19.5 Å². The quantitative estimate of drug-likeness (QED) is 0.635. The summed E-state index contributed by atoms with van der Waals surface area (Å²) in [5.41, 5.74) is 0. The molecule has 1 rings (SSSR count). The molecule has 4 heteroatoms. The average molecular weight is 254 g/mol. The second kappa shape index (κ2) is 9.74. The Morgan fingerprint density at radius 3 is 2.22 bits per heavy atom. The van der Waals surface area contributed by atoms with Crippen LogP contribution in [0.1, 0.15) is 13.3 Å². The van der Waals surface area contributed by atoms with Crippen molar-refractivity contribution in [2.24, 2.45) is 0 Å². The third-order valence-electron chi connectivity index (χ3n) is 2.48. The standard InChI is InChI=1S/C14H23NO3/c1-3-17-13-5-7-14(8-6-13)18-12-10-15-9-4-11-16-2/h5-8,15H,3-4,9-12H2,1-2H3/p+1. The van der Waals surface area contributed by atoms with Gasteiger partial charge in [-0.25, -0.2) is 0 Å². The maximum Gasteiger partial charge on any atom is 0.137 e. The van der Waals surface area contributed by atoms with Crippen LogP contribution in [0.25, 0.3) is 0 Å². The minimum Gasteiger partial charge on any atom is -0.494 e. The van der Waals surface area contributed by atoms with Crippen LogP contribution >= 0.6 is 0 Å². The number of nitrogens with two attached hydrogens (primary N) is 1. The highest BCUT2D eigenvalue weighted by atomic mass is 16.5. The van der Waals surface area contributed by atoms with Crippen LogP contribution in [0.2, 0.25) is 0 Å². The van der Waals surface area contributed by atoms with E-state index in [-0.39, 0.29) is 0 Å². The van der Waals surface area contributed by atoms with Crippen LogP contribution in [-0.4, -0.2) is 40.0 Å². The molecule has 2 N–H and O–H groups in total. The normalized spacial score (nSPS) is 10.3. The molecule has 1 aromatic carbocycles. The molecular formula is C14H24NO3+. The Hall–Kier alpha value is -1.26. The van der Waals surface area contributed by atoms with Crippen LogP contribution in [0.15, 0.2) is 24.3 Å². The molecule has 0 aliphatic rings. The highest BCUT2D eigenvalue weighted by molar-refractivity contribution is 5.31. The van der Waals surface area contributed by atoms with Crippen LogP contribution < -0.4 is 14.8 Å². The first kappa shape index (κ1) is 14.8. The van der Waals surface area contributed by atoms with E-state index in [1.807, 2.05) is 31.2 Å². The summed E-state index contributed by atoms with van der Waals surface area (Å²) in [6, 6.07) is 7.74. The van der Waals surface area contributed by atoms with Gasteiger partial charge >= 0.3 is 0 Å². The number of quaternary nitrogens is 1. The highest BCUT2D eigenvalue weighted by Gasteiger charge is 1.97. The monoisotopic (exact) mass is 254 g/mol. The Balaban J connectivity index is 2.08. The third kappa shape index (κ3) is 6.47. The molecule has 0 aromatic heterocycles. The molecule has 0 spiro atoms. The lowest BCUT2D eigenvalue weighted by Crippen LogP contribution is -2.85. The van der Waals surface area contributed by atoms with Gasteiger partial charge in [-0.05, 0) is 31.2 Å². The smallest absolute Gasteiger partial charge is 0.137 e. The Bertz CT molecular complexity index is 300. The molecular weight excluding hydrogens is 230 g/mol. The molecule has 0 fully saturated rings. The fraction of sp³-hybridized carbons (Fsp3) is 0.571. The summed E-state index contributed by atoms with van der Waals surface area (Å²) in [7, 11) is 1.73. The maximum atomic E-state index is 5.63. The van der Waals surface area contributed by atoms with E-state index in [0.717, 1.165) is 44.2 Å². The lowest BCUT2D eigenvalue weighted by molar-refractivity contribution is -0.655. The molecule has 102 valence electrons. The molecule has 0 heterocycles. The zero-order valence-electron chi connectivity index (χ0n) is 11.4. The van der Waals surface area contributed by atoms with E-state index in [0.29, 0.717) is 6.61 Å². The largest absolute Gasteiger partial charge is 0.494 e. The van der Waals surface area contributed by atoms with Crippen molar-refractivity contribution < 1.29 is 19.5 Å². The van der Waals surface area contributed by atoms with Gasteiger partial charge in [0.15, 0.2) is 0 Å². The zero-order valence-corrected chi connectivity index (χ0v) is 11.4. The molecule has 0 aliphatic heterocycles. The van der Waals surface area contributed by atoms with Crippen molar-refractivity contribution in [3.05, 3.63) is 24.3 Å². The van der Waals surface area contributed by atoms with E-state index in [9.17, 15) is 0 Å². The van der Waals surface area contributed by atoms with Crippen LogP contribution in [-0.2, 0) is 4.74 Å². The molecule has 0 saturated heterocycles. The number of hydrogen-bond donors (Lipinski definition) is 1. The van der Waals surface area contributed by atoms with Gasteiger partial charge in [0.2, 0.25) is 0 Å². The lowest BCUT2D eigenvalue weighted by atomic mass is 10.3. The molecule has 0 bridgehead atoms. The molecule has 0 aliphatic carbocycles. The summed E-state index contributed by atoms with van der Waals surface area (Å²) in [4.78, 5) is 0.